The predicted octanol–water partition coefficient (Wildman–Crippen LogP) is 0.0870. The van der Waals surface area contributed by atoms with Crippen LogP contribution < -0.4 is 10.6 Å². The standard InChI is InChI=1S/C12H21N3O3/c1-2-7-18-8-6-15-10(16)12(14-11(15)17)4-3-5-13-9-12/h13H,2-9H2,1H3,(H,14,17). The molecule has 0 saturated carbocycles. The highest BCUT2D eigenvalue weighted by molar-refractivity contribution is 6.07. The maximum atomic E-state index is 12.3. The summed E-state index contributed by atoms with van der Waals surface area (Å²) in [4.78, 5) is 25.4. The number of hydrogen-bond acceptors (Lipinski definition) is 4. The third kappa shape index (κ3) is 2.49. The third-order valence-corrected chi connectivity index (χ3v) is 3.44. The second-order valence-corrected chi connectivity index (χ2v) is 4.86. The lowest BCUT2D eigenvalue weighted by molar-refractivity contribution is -0.132. The van der Waals surface area contributed by atoms with Crippen molar-refractivity contribution in [2.24, 2.45) is 0 Å². The SMILES string of the molecule is CCCOCCN1C(=O)NC2(CCCNC2)C1=O. The Bertz CT molecular complexity index is 327. The molecule has 2 heterocycles. The summed E-state index contributed by atoms with van der Waals surface area (Å²) in [5.41, 5.74) is -0.708. The molecule has 0 aromatic heterocycles. The Labute approximate surface area is 107 Å². The third-order valence-electron chi connectivity index (χ3n) is 3.44. The van der Waals surface area contributed by atoms with E-state index in [9.17, 15) is 9.59 Å². The van der Waals surface area contributed by atoms with Crippen LogP contribution in [0.1, 0.15) is 26.2 Å². The zero-order valence-electron chi connectivity index (χ0n) is 10.8. The van der Waals surface area contributed by atoms with Gasteiger partial charge in [0, 0.05) is 13.2 Å². The lowest BCUT2D eigenvalue weighted by Gasteiger charge is -2.31. The van der Waals surface area contributed by atoms with Crippen molar-refractivity contribution in [3.05, 3.63) is 0 Å². The molecule has 6 nitrogen and oxygen atoms in total. The normalized spacial score (nSPS) is 27.9. The summed E-state index contributed by atoms with van der Waals surface area (Å²) in [6.45, 7) is 4.88. The van der Waals surface area contributed by atoms with E-state index in [4.69, 9.17) is 4.74 Å². The number of carbonyl (C=O) groups is 2. The Kier molecular flexibility index (Phi) is 4.19. The van der Waals surface area contributed by atoms with Gasteiger partial charge in [-0.05, 0) is 25.8 Å². The molecule has 0 bridgehead atoms. The van der Waals surface area contributed by atoms with Crippen molar-refractivity contribution in [2.45, 2.75) is 31.7 Å². The Morgan fingerprint density at radius 3 is 2.89 bits per heavy atom. The molecule has 0 aromatic carbocycles. The molecule has 0 aromatic rings. The maximum absolute atomic E-state index is 12.3. The van der Waals surface area contributed by atoms with Crippen molar-refractivity contribution in [3.8, 4) is 0 Å². The molecule has 2 aliphatic rings. The van der Waals surface area contributed by atoms with Gasteiger partial charge in [0.1, 0.15) is 5.54 Å². The number of urea groups is 1. The molecule has 1 atom stereocenters. The molecule has 2 aliphatic heterocycles. The molecule has 102 valence electrons. The number of amides is 3. The zero-order chi connectivity index (χ0) is 13.0. The molecule has 2 fully saturated rings. The lowest BCUT2D eigenvalue weighted by Crippen LogP contribution is -2.57. The van der Waals surface area contributed by atoms with Crippen LogP contribution in [0.25, 0.3) is 0 Å². The predicted molar refractivity (Wildman–Crippen MR) is 66.2 cm³/mol. The summed E-state index contributed by atoms with van der Waals surface area (Å²) in [5.74, 6) is -0.111. The average molecular weight is 255 g/mol. The van der Waals surface area contributed by atoms with Crippen molar-refractivity contribution in [3.63, 3.8) is 0 Å². The first-order valence-corrected chi connectivity index (χ1v) is 6.62. The molecule has 1 unspecified atom stereocenters. The summed E-state index contributed by atoms with van der Waals surface area (Å²) in [6.07, 6.45) is 2.57. The van der Waals surface area contributed by atoms with E-state index < -0.39 is 5.54 Å². The Hall–Kier alpha value is -1.14. The highest BCUT2D eigenvalue weighted by Gasteiger charge is 2.51. The summed E-state index contributed by atoms with van der Waals surface area (Å²) >= 11 is 0. The molecule has 2 N–H and O–H groups in total. The summed E-state index contributed by atoms with van der Waals surface area (Å²) < 4.78 is 5.33. The van der Waals surface area contributed by atoms with E-state index >= 15 is 0 Å². The topological polar surface area (TPSA) is 70.7 Å². The molecular formula is C12H21N3O3. The van der Waals surface area contributed by atoms with E-state index in [0.717, 1.165) is 25.8 Å². The zero-order valence-corrected chi connectivity index (χ0v) is 10.8. The van der Waals surface area contributed by atoms with Gasteiger partial charge in [-0.15, -0.1) is 0 Å². The Morgan fingerprint density at radius 2 is 2.22 bits per heavy atom. The number of hydrogen-bond donors (Lipinski definition) is 2. The number of carbonyl (C=O) groups excluding carboxylic acids is 2. The van der Waals surface area contributed by atoms with Gasteiger partial charge in [-0.1, -0.05) is 6.92 Å². The number of nitrogens with zero attached hydrogens (tertiary/aromatic N) is 1. The van der Waals surface area contributed by atoms with E-state index in [1.54, 1.807) is 0 Å². The highest BCUT2D eigenvalue weighted by Crippen LogP contribution is 2.24. The number of imide groups is 1. The fourth-order valence-electron chi connectivity index (χ4n) is 2.48. The van der Waals surface area contributed by atoms with Gasteiger partial charge in [0.2, 0.25) is 0 Å². The van der Waals surface area contributed by atoms with Gasteiger partial charge < -0.3 is 15.4 Å². The van der Waals surface area contributed by atoms with Crippen LogP contribution in [-0.4, -0.2) is 55.2 Å². The van der Waals surface area contributed by atoms with Crippen LogP contribution in [0.3, 0.4) is 0 Å². The van der Waals surface area contributed by atoms with Crippen LogP contribution >= 0.6 is 0 Å². The molecule has 2 saturated heterocycles. The number of nitrogens with one attached hydrogen (secondary N) is 2. The lowest BCUT2D eigenvalue weighted by atomic mass is 9.90. The highest BCUT2D eigenvalue weighted by atomic mass is 16.5. The second kappa shape index (κ2) is 5.67. The minimum Gasteiger partial charge on any atom is -0.380 e. The largest absolute Gasteiger partial charge is 0.380 e. The van der Waals surface area contributed by atoms with E-state index in [0.29, 0.717) is 26.3 Å². The summed E-state index contributed by atoms with van der Waals surface area (Å²) in [5, 5.41) is 6.00. The van der Waals surface area contributed by atoms with Crippen LogP contribution in [0.5, 0.6) is 0 Å². The van der Waals surface area contributed by atoms with E-state index in [1.807, 2.05) is 6.92 Å². The molecule has 6 heteroatoms. The van der Waals surface area contributed by atoms with Crippen molar-refractivity contribution in [2.75, 3.05) is 32.8 Å². The summed E-state index contributed by atoms with van der Waals surface area (Å²) in [7, 11) is 0. The molecule has 3 amide bonds. The minimum atomic E-state index is -0.708. The molecule has 1 spiro atoms. The van der Waals surface area contributed by atoms with Gasteiger partial charge in [-0.3, -0.25) is 9.69 Å². The molecule has 18 heavy (non-hydrogen) atoms. The number of ether oxygens (including phenoxy) is 1. The Balaban J connectivity index is 1.92. The number of rotatable bonds is 5. The molecular weight excluding hydrogens is 234 g/mol. The average Bonchev–Trinajstić information content (AvgIpc) is 2.59. The van der Waals surface area contributed by atoms with Crippen molar-refractivity contribution in [1.29, 1.82) is 0 Å². The molecule has 2 rings (SSSR count). The van der Waals surface area contributed by atoms with Gasteiger partial charge >= 0.3 is 6.03 Å². The van der Waals surface area contributed by atoms with Crippen molar-refractivity contribution < 1.29 is 14.3 Å². The quantitative estimate of drug-likeness (QED) is 0.539. The van der Waals surface area contributed by atoms with Crippen LogP contribution in [0.4, 0.5) is 4.79 Å². The van der Waals surface area contributed by atoms with Crippen molar-refractivity contribution >= 4 is 11.9 Å². The molecule has 0 radical (unpaired) electrons. The van der Waals surface area contributed by atoms with Crippen LogP contribution in [0.15, 0.2) is 0 Å². The first kappa shape index (κ1) is 13.3. The van der Waals surface area contributed by atoms with Gasteiger partial charge in [-0.25, -0.2) is 4.79 Å². The summed E-state index contributed by atoms with van der Waals surface area (Å²) in [6, 6.07) is -0.288. The van der Waals surface area contributed by atoms with Crippen molar-refractivity contribution in [1.82, 2.24) is 15.5 Å². The van der Waals surface area contributed by atoms with E-state index in [1.165, 1.54) is 4.90 Å². The fourth-order valence-corrected chi connectivity index (χ4v) is 2.48. The van der Waals surface area contributed by atoms with Crippen LogP contribution in [-0.2, 0) is 9.53 Å². The van der Waals surface area contributed by atoms with Crippen LogP contribution in [0.2, 0.25) is 0 Å². The first-order valence-electron chi connectivity index (χ1n) is 6.62. The Morgan fingerprint density at radius 1 is 1.39 bits per heavy atom. The number of piperidine rings is 1. The molecule has 0 aliphatic carbocycles. The minimum absolute atomic E-state index is 0.111. The van der Waals surface area contributed by atoms with Gasteiger partial charge in [0.05, 0.1) is 13.2 Å². The maximum Gasteiger partial charge on any atom is 0.325 e. The van der Waals surface area contributed by atoms with E-state index in [-0.39, 0.29) is 11.9 Å². The van der Waals surface area contributed by atoms with E-state index in [2.05, 4.69) is 10.6 Å². The second-order valence-electron chi connectivity index (χ2n) is 4.86. The van der Waals surface area contributed by atoms with Gasteiger partial charge in [0.15, 0.2) is 0 Å². The fraction of sp³-hybridized carbons (Fsp3) is 0.833. The smallest absolute Gasteiger partial charge is 0.325 e. The van der Waals surface area contributed by atoms with Crippen LogP contribution in [0, 0.1) is 0 Å². The monoisotopic (exact) mass is 255 g/mol. The van der Waals surface area contributed by atoms with Gasteiger partial charge in [0.25, 0.3) is 5.91 Å². The first-order chi connectivity index (χ1) is 8.69. The van der Waals surface area contributed by atoms with Gasteiger partial charge in [-0.2, -0.15) is 0 Å².